The first-order valence-electron chi connectivity index (χ1n) is 5.87. The monoisotopic (exact) mass is 270 g/mol. The maximum absolute atomic E-state index is 13.7. The number of nitriles is 1. The van der Waals surface area contributed by atoms with Gasteiger partial charge in [0.1, 0.15) is 11.9 Å². The van der Waals surface area contributed by atoms with Gasteiger partial charge in [-0.2, -0.15) is 5.26 Å². The average molecular weight is 270 g/mol. The van der Waals surface area contributed by atoms with E-state index >= 15 is 0 Å². The van der Waals surface area contributed by atoms with Crippen molar-refractivity contribution in [3.63, 3.8) is 0 Å². The van der Waals surface area contributed by atoms with Crippen LogP contribution < -0.4 is 0 Å². The molecule has 3 aromatic rings. The van der Waals surface area contributed by atoms with E-state index in [0.29, 0.717) is 16.5 Å². The van der Waals surface area contributed by atoms with E-state index in [1.54, 1.807) is 30.5 Å². The van der Waals surface area contributed by atoms with Gasteiger partial charge in [0.2, 0.25) is 0 Å². The van der Waals surface area contributed by atoms with Crippen molar-refractivity contribution >= 4 is 22.2 Å². The Kier molecular flexibility index (Phi) is 2.65. The number of fused-ring (bicyclic) bond motifs is 1. The number of thiophene rings is 1. The van der Waals surface area contributed by atoms with Crippen LogP contribution in [0.4, 0.5) is 4.39 Å². The molecule has 2 heterocycles. The number of halogens is 1. The van der Waals surface area contributed by atoms with Crippen LogP contribution in [0.25, 0.3) is 16.6 Å². The maximum Gasteiger partial charge on any atom is 0.126 e. The van der Waals surface area contributed by atoms with E-state index in [-0.39, 0.29) is 5.82 Å². The first-order valence-corrected chi connectivity index (χ1v) is 6.75. The Morgan fingerprint density at radius 3 is 2.68 bits per heavy atom. The molecule has 2 nitrogen and oxygen atoms in total. The molecule has 0 aliphatic rings. The molecule has 0 atom stereocenters. The molecule has 19 heavy (non-hydrogen) atoms. The fourth-order valence-electron chi connectivity index (χ4n) is 2.21. The minimum Gasteiger partial charge on any atom is -0.314 e. The lowest BCUT2D eigenvalue weighted by Gasteiger charge is -2.03. The Morgan fingerprint density at radius 2 is 2.05 bits per heavy atom. The quantitative estimate of drug-likeness (QED) is 0.647. The molecule has 0 saturated carbocycles. The van der Waals surface area contributed by atoms with Crippen molar-refractivity contribution in [3.05, 3.63) is 51.6 Å². The third-order valence-corrected chi connectivity index (χ3v) is 4.05. The third-order valence-electron chi connectivity index (χ3n) is 3.20. The lowest BCUT2D eigenvalue weighted by atomic mass is 10.1. The first kappa shape index (κ1) is 11.9. The van der Waals surface area contributed by atoms with Gasteiger partial charge in [-0.1, -0.05) is 0 Å². The molecule has 0 aliphatic heterocycles. The molecule has 94 valence electrons. The first-order chi connectivity index (χ1) is 9.10. The summed E-state index contributed by atoms with van der Waals surface area (Å²) in [6, 6.07) is 7.42. The van der Waals surface area contributed by atoms with Crippen LogP contribution >= 0.6 is 11.3 Å². The van der Waals surface area contributed by atoms with Crippen molar-refractivity contribution in [2.75, 3.05) is 0 Å². The van der Waals surface area contributed by atoms with Gasteiger partial charge in [-0.25, -0.2) is 4.39 Å². The standard InChI is InChI=1S/C15H11FN2S/c1-9-3-15-13(5-14(9)16)11(6-17)7-18(15)12-4-10(2)19-8-12/h3-5,7-8H,1-2H3. The minimum atomic E-state index is -0.275. The topological polar surface area (TPSA) is 28.7 Å². The predicted octanol–water partition coefficient (Wildman–Crippen LogP) is 4.32. The molecule has 0 bridgehead atoms. The molecule has 0 unspecified atom stereocenters. The summed E-state index contributed by atoms with van der Waals surface area (Å²) >= 11 is 1.65. The van der Waals surface area contributed by atoms with E-state index in [9.17, 15) is 9.65 Å². The highest BCUT2D eigenvalue weighted by Crippen LogP contribution is 2.28. The number of aromatic nitrogens is 1. The molecule has 1 aromatic carbocycles. The second-order valence-corrected chi connectivity index (χ2v) is 5.67. The fraction of sp³-hybridized carbons (Fsp3) is 0.133. The zero-order valence-corrected chi connectivity index (χ0v) is 11.4. The Bertz CT molecular complexity index is 821. The lowest BCUT2D eigenvalue weighted by Crippen LogP contribution is -1.90. The predicted molar refractivity (Wildman–Crippen MR) is 75.3 cm³/mol. The summed E-state index contributed by atoms with van der Waals surface area (Å²) in [4.78, 5) is 1.20. The van der Waals surface area contributed by atoms with Crippen molar-refractivity contribution in [3.8, 4) is 11.8 Å². The lowest BCUT2D eigenvalue weighted by molar-refractivity contribution is 0.620. The number of aryl methyl sites for hydroxylation is 2. The second-order valence-electron chi connectivity index (χ2n) is 4.56. The smallest absolute Gasteiger partial charge is 0.126 e. The van der Waals surface area contributed by atoms with Gasteiger partial charge in [-0.3, -0.25) is 0 Å². The zero-order chi connectivity index (χ0) is 13.6. The summed E-state index contributed by atoms with van der Waals surface area (Å²) in [7, 11) is 0. The molecule has 0 amide bonds. The number of hydrogen-bond donors (Lipinski definition) is 0. The number of benzene rings is 1. The van der Waals surface area contributed by atoms with Crippen LogP contribution in [-0.2, 0) is 0 Å². The summed E-state index contributed by atoms with van der Waals surface area (Å²) in [5, 5.41) is 11.9. The van der Waals surface area contributed by atoms with E-state index in [4.69, 9.17) is 0 Å². The maximum atomic E-state index is 13.7. The summed E-state index contributed by atoms with van der Waals surface area (Å²) in [5.41, 5.74) is 2.97. The normalized spacial score (nSPS) is 10.8. The molecule has 2 aromatic heterocycles. The molecule has 0 N–H and O–H groups in total. The van der Waals surface area contributed by atoms with Crippen LogP contribution in [0.2, 0.25) is 0 Å². The third kappa shape index (κ3) is 1.83. The van der Waals surface area contributed by atoms with Gasteiger partial charge < -0.3 is 4.57 Å². The Labute approximate surface area is 114 Å². The van der Waals surface area contributed by atoms with E-state index in [0.717, 1.165) is 11.2 Å². The average Bonchev–Trinajstić information content (AvgIpc) is 2.94. The summed E-state index contributed by atoms with van der Waals surface area (Å²) < 4.78 is 15.6. The van der Waals surface area contributed by atoms with Crippen molar-refractivity contribution in [1.29, 1.82) is 5.26 Å². The molecule has 0 saturated heterocycles. The van der Waals surface area contributed by atoms with Crippen molar-refractivity contribution in [1.82, 2.24) is 4.57 Å². The van der Waals surface area contributed by atoms with E-state index < -0.39 is 0 Å². The van der Waals surface area contributed by atoms with Gasteiger partial charge in [0.15, 0.2) is 0 Å². The van der Waals surface area contributed by atoms with Gasteiger partial charge in [0.05, 0.1) is 16.8 Å². The highest BCUT2D eigenvalue weighted by Gasteiger charge is 2.13. The number of hydrogen-bond acceptors (Lipinski definition) is 2. The highest BCUT2D eigenvalue weighted by molar-refractivity contribution is 7.10. The van der Waals surface area contributed by atoms with Crippen molar-refractivity contribution < 1.29 is 4.39 Å². The van der Waals surface area contributed by atoms with Crippen LogP contribution in [0.3, 0.4) is 0 Å². The van der Waals surface area contributed by atoms with Crippen molar-refractivity contribution in [2.24, 2.45) is 0 Å². The number of nitrogens with zero attached hydrogens (tertiary/aromatic N) is 2. The largest absolute Gasteiger partial charge is 0.314 e. The Morgan fingerprint density at radius 1 is 1.26 bits per heavy atom. The zero-order valence-electron chi connectivity index (χ0n) is 10.6. The molecule has 3 rings (SSSR count). The molecule has 0 aliphatic carbocycles. The Balaban J connectivity index is 2.37. The number of rotatable bonds is 1. The molecular formula is C15H11FN2S. The van der Waals surface area contributed by atoms with Gasteiger partial charge in [-0.05, 0) is 37.6 Å². The fourth-order valence-corrected chi connectivity index (χ4v) is 2.89. The van der Waals surface area contributed by atoms with E-state index in [1.165, 1.54) is 10.9 Å². The van der Waals surface area contributed by atoms with Gasteiger partial charge in [0.25, 0.3) is 0 Å². The SMILES string of the molecule is Cc1cc(-n2cc(C#N)c3cc(F)c(C)cc32)cs1. The summed E-state index contributed by atoms with van der Waals surface area (Å²) in [6.45, 7) is 3.77. The molecule has 0 fully saturated rings. The second kappa shape index (κ2) is 4.22. The molecule has 4 heteroatoms. The van der Waals surface area contributed by atoms with Crippen LogP contribution in [0, 0.1) is 31.0 Å². The van der Waals surface area contributed by atoms with E-state index in [2.05, 4.69) is 12.1 Å². The van der Waals surface area contributed by atoms with Gasteiger partial charge >= 0.3 is 0 Å². The molecule has 0 spiro atoms. The summed E-state index contributed by atoms with van der Waals surface area (Å²) in [5.74, 6) is -0.275. The van der Waals surface area contributed by atoms with Crippen LogP contribution in [0.15, 0.2) is 29.8 Å². The molecular weight excluding hydrogens is 259 g/mol. The summed E-state index contributed by atoms with van der Waals surface area (Å²) in [6.07, 6.45) is 1.77. The Hall–Kier alpha value is -2.12. The van der Waals surface area contributed by atoms with Crippen LogP contribution in [0.5, 0.6) is 0 Å². The van der Waals surface area contributed by atoms with Crippen molar-refractivity contribution in [2.45, 2.75) is 13.8 Å². The van der Waals surface area contributed by atoms with Gasteiger partial charge in [0, 0.05) is 21.8 Å². The van der Waals surface area contributed by atoms with Gasteiger partial charge in [-0.15, -0.1) is 11.3 Å². The highest BCUT2D eigenvalue weighted by atomic mass is 32.1. The van der Waals surface area contributed by atoms with Crippen LogP contribution in [0.1, 0.15) is 16.0 Å². The van der Waals surface area contributed by atoms with Crippen LogP contribution in [-0.4, -0.2) is 4.57 Å². The molecule has 0 radical (unpaired) electrons. The minimum absolute atomic E-state index is 0.275. The van der Waals surface area contributed by atoms with E-state index in [1.807, 2.05) is 16.9 Å².